The van der Waals surface area contributed by atoms with Crippen LogP contribution in [0.5, 0.6) is 0 Å². The molecular weight excluding hydrogens is 255 g/mol. The monoisotopic (exact) mass is 272 g/mol. The van der Waals surface area contributed by atoms with Crippen LogP contribution in [0.3, 0.4) is 0 Å². The number of benzene rings is 1. The second kappa shape index (κ2) is 6.48. The van der Waals surface area contributed by atoms with Gasteiger partial charge in [-0.15, -0.1) is 0 Å². The Labute approximate surface area is 112 Å². The summed E-state index contributed by atoms with van der Waals surface area (Å²) in [5.41, 5.74) is 6.20. The van der Waals surface area contributed by atoms with Crippen LogP contribution in [0, 0.1) is 5.82 Å². The number of halogens is 2. The Balaban J connectivity index is 1.96. The van der Waals surface area contributed by atoms with E-state index in [0.29, 0.717) is 30.3 Å². The molecule has 0 amide bonds. The van der Waals surface area contributed by atoms with E-state index in [1.165, 1.54) is 6.07 Å². The molecular formula is C13H18ClFN2O. The number of nitrogens with two attached hydrogens (primary N) is 1. The molecule has 1 atom stereocenters. The molecule has 1 saturated heterocycles. The number of hydrogen-bond acceptors (Lipinski definition) is 3. The average molecular weight is 273 g/mol. The topological polar surface area (TPSA) is 38.5 Å². The van der Waals surface area contributed by atoms with Gasteiger partial charge in [-0.1, -0.05) is 17.7 Å². The van der Waals surface area contributed by atoms with Crippen molar-refractivity contribution in [3.05, 3.63) is 34.6 Å². The van der Waals surface area contributed by atoms with E-state index in [9.17, 15) is 4.39 Å². The highest BCUT2D eigenvalue weighted by molar-refractivity contribution is 6.30. The molecule has 18 heavy (non-hydrogen) atoms. The van der Waals surface area contributed by atoms with Gasteiger partial charge in [0.05, 0.1) is 12.7 Å². The Hall–Kier alpha value is -0.680. The number of rotatable bonds is 4. The molecule has 0 bridgehead atoms. The molecule has 1 aromatic rings. The summed E-state index contributed by atoms with van der Waals surface area (Å²) in [6.45, 7) is 3.52. The summed E-state index contributed by atoms with van der Waals surface area (Å²) in [6.07, 6.45) is 1.01. The van der Waals surface area contributed by atoms with Crippen LogP contribution in [0.1, 0.15) is 12.0 Å². The van der Waals surface area contributed by atoms with E-state index in [4.69, 9.17) is 22.1 Å². The molecule has 0 aliphatic carbocycles. The summed E-state index contributed by atoms with van der Waals surface area (Å²) >= 11 is 5.74. The fourth-order valence-corrected chi connectivity index (χ4v) is 2.33. The van der Waals surface area contributed by atoms with Crippen LogP contribution in [0.15, 0.2) is 18.2 Å². The molecule has 0 saturated carbocycles. The number of ether oxygens (including phenoxy) is 1. The summed E-state index contributed by atoms with van der Waals surface area (Å²) in [5, 5.41) is 0.430. The first-order valence-electron chi connectivity index (χ1n) is 6.17. The van der Waals surface area contributed by atoms with E-state index in [-0.39, 0.29) is 11.9 Å². The maximum absolute atomic E-state index is 13.7. The number of hydrogen-bond donors (Lipinski definition) is 1. The first kappa shape index (κ1) is 13.7. The van der Waals surface area contributed by atoms with Gasteiger partial charge in [0.15, 0.2) is 0 Å². The van der Waals surface area contributed by atoms with Crippen LogP contribution in [-0.2, 0) is 11.3 Å². The fraction of sp³-hybridized carbons (Fsp3) is 0.538. The van der Waals surface area contributed by atoms with Crippen molar-refractivity contribution >= 4 is 11.6 Å². The lowest BCUT2D eigenvalue weighted by molar-refractivity contribution is -0.0338. The van der Waals surface area contributed by atoms with E-state index in [1.807, 2.05) is 0 Å². The molecule has 3 nitrogen and oxygen atoms in total. The zero-order chi connectivity index (χ0) is 13.0. The molecule has 1 aliphatic rings. The normalized spacial score (nSPS) is 21.2. The van der Waals surface area contributed by atoms with Crippen molar-refractivity contribution in [1.29, 1.82) is 0 Å². The molecule has 2 rings (SSSR count). The van der Waals surface area contributed by atoms with Gasteiger partial charge in [0.2, 0.25) is 0 Å². The molecule has 1 fully saturated rings. The van der Waals surface area contributed by atoms with Crippen molar-refractivity contribution in [2.75, 3.05) is 26.2 Å². The molecule has 0 radical (unpaired) electrons. The minimum absolute atomic E-state index is 0.166. The lowest BCUT2D eigenvalue weighted by atomic mass is 10.1. The fourth-order valence-electron chi connectivity index (χ4n) is 2.18. The van der Waals surface area contributed by atoms with Crippen molar-refractivity contribution in [3.63, 3.8) is 0 Å². The Kier molecular flexibility index (Phi) is 4.95. The first-order chi connectivity index (χ1) is 8.69. The van der Waals surface area contributed by atoms with E-state index >= 15 is 0 Å². The van der Waals surface area contributed by atoms with Crippen molar-refractivity contribution in [1.82, 2.24) is 4.90 Å². The van der Waals surface area contributed by atoms with Crippen molar-refractivity contribution in [2.45, 2.75) is 19.1 Å². The molecule has 0 spiro atoms. The van der Waals surface area contributed by atoms with Crippen molar-refractivity contribution in [3.8, 4) is 0 Å². The quantitative estimate of drug-likeness (QED) is 0.912. The van der Waals surface area contributed by atoms with Gasteiger partial charge >= 0.3 is 0 Å². The molecule has 1 aliphatic heterocycles. The maximum atomic E-state index is 13.7. The van der Waals surface area contributed by atoms with Gasteiger partial charge in [0, 0.05) is 30.2 Å². The van der Waals surface area contributed by atoms with Crippen LogP contribution < -0.4 is 5.73 Å². The SMILES string of the molecule is NCC[C@@H]1CN(Cc2ccc(Cl)cc2F)CCO1. The zero-order valence-corrected chi connectivity index (χ0v) is 11.0. The van der Waals surface area contributed by atoms with Crippen LogP contribution in [0.4, 0.5) is 4.39 Å². The van der Waals surface area contributed by atoms with Gasteiger partial charge in [-0.25, -0.2) is 4.39 Å². The predicted molar refractivity (Wildman–Crippen MR) is 70.1 cm³/mol. The summed E-state index contributed by atoms with van der Waals surface area (Å²) in [7, 11) is 0. The predicted octanol–water partition coefficient (Wildman–Crippen LogP) is 2.03. The Bertz CT molecular complexity index is 401. The van der Waals surface area contributed by atoms with Gasteiger partial charge in [-0.2, -0.15) is 0 Å². The largest absolute Gasteiger partial charge is 0.376 e. The molecule has 2 N–H and O–H groups in total. The minimum atomic E-state index is -0.246. The highest BCUT2D eigenvalue weighted by Gasteiger charge is 2.20. The van der Waals surface area contributed by atoms with Crippen molar-refractivity contribution in [2.24, 2.45) is 5.73 Å². The summed E-state index contributed by atoms with van der Waals surface area (Å²) in [6, 6.07) is 4.82. The lowest BCUT2D eigenvalue weighted by Gasteiger charge is -2.32. The molecule has 1 heterocycles. The van der Waals surface area contributed by atoms with Gasteiger partial charge in [-0.05, 0) is 25.1 Å². The van der Waals surface area contributed by atoms with E-state index in [2.05, 4.69) is 4.90 Å². The summed E-state index contributed by atoms with van der Waals surface area (Å²) in [4.78, 5) is 2.19. The highest BCUT2D eigenvalue weighted by Crippen LogP contribution is 2.18. The van der Waals surface area contributed by atoms with E-state index in [0.717, 1.165) is 19.5 Å². The van der Waals surface area contributed by atoms with Crippen LogP contribution in [0.2, 0.25) is 5.02 Å². The summed E-state index contributed by atoms with van der Waals surface area (Å²) < 4.78 is 19.3. The minimum Gasteiger partial charge on any atom is -0.376 e. The van der Waals surface area contributed by atoms with E-state index < -0.39 is 0 Å². The summed E-state index contributed by atoms with van der Waals surface area (Å²) in [5.74, 6) is -0.246. The van der Waals surface area contributed by atoms with Gasteiger partial charge in [0.25, 0.3) is 0 Å². The molecule has 100 valence electrons. The first-order valence-corrected chi connectivity index (χ1v) is 6.55. The number of nitrogens with zero attached hydrogens (tertiary/aromatic N) is 1. The Morgan fingerprint density at radius 2 is 2.33 bits per heavy atom. The molecule has 5 heteroatoms. The second-order valence-corrected chi connectivity index (χ2v) is 4.98. The maximum Gasteiger partial charge on any atom is 0.129 e. The van der Waals surface area contributed by atoms with Gasteiger partial charge < -0.3 is 10.5 Å². The molecule has 0 aromatic heterocycles. The van der Waals surface area contributed by atoms with Gasteiger partial charge in [0.1, 0.15) is 5.82 Å². The Morgan fingerprint density at radius 3 is 3.06 bits per heavy atom. The zero-order valence-electron chi connectivity index (χ0n) is 10.2. The third-order valence-corrected chi connectivity index (χ3v) is 3.36. The van der Waals surface area contributed by atoms with Crippen molar-refractivity contribution < 1.29 is 9.13 Å². The second-order valence-electron chi connectivity index (χ2n) is 4.54. The Morgan fingerprint density at radius 1 is 1.50 bits per heavy atom. The number of morpholine rings is 1. The smallest absolute Gasteiger partial charge is 0.129 e. The van der Waals surface area contributed by atoms with Crippen LogP contribution in [-0.4, -0.2) is 37.2 Å². The molecule has 0 unspecified atom stereocenters. The van der Waals surface area contributed by atoms with E-state index in [1.54, 1.807) is 12.1 Å². The lowest BCUT2D eigenvalue weighted by Crippen LogP contribution is -2.42. The standard InChI is InChI=1S/C13H18ClFN2O/c14-11-2-1-10(13(15)7-11)8-17-5-6-18-12(9-17)3-4-16/h1-2,7,12H,3-6,8-9,16H2/t12-/m1/s1. The van der Waals surface area contributed by atoms with Crippen LogP contribution >= 0.6 is 11.6 Å². The highest BCUT2D eigenvalue weighted by atomic mass is 35.5. The average Bonchev–Trinajstić information content (AvgIpc) is 2.34. The molecule has 1 aromatic carbocycles. The van der Waals surface area contributed by atoms with Crippen LogP contribution in [0.25, 0.3) is 0 Å². The third-order valence-electron chi connectivity index (χ3n) is 3.12. The third kappa shape index (κ3) is 3.65. The van der Waals surface area contributed by atoms with Gasteiger partial charge in [-0.3, -0.25) is 4.90 Å².